The monoisotopic (exact) mass is 192 g/mol. The molecule has 12 heavy (non-hydrogen) atoms. The Kier molecular flexibility index (Phi) is 4.45. The zero-order chi connectivity index (χ0) is 9.78. The lowest BCUT2D eigenvalue weighted by Gasteiger charge is -2.16. The summed E-state index contributed by atoms with van der Waals surface area (Å²) in [6, 6.07) is 0. The predicted octanol–water partition coefficient (Wildman–Crippen LogP) is 1.26. The summed E-state index contributed by atoms with van der Waals surface area (Å²) >= 11 is 0. The van der Waals surface area contributed by atoms with Crippen LogP contribution in [0.15, 0.2) is 0 Å². The van der Waals surface area contributed by atoms with E-state index in [1.807, 2.05) is 20.8 Å². The Hall–Kier alpha value is -0.380. The molecule has 0 aliphatic carbocycles. The van der Waals surface area contributed by atoms with E-state index in [0.29, 0.717) is 5.75 Å². The van der Waals surface area contributed by atoms with E-state index in [1.165, 1.54) is 0 Å². The molecule has 0 saturated heterocycles. The minimum absolute atomic E-state index is 0.133. The van der Waals surface area contributed by atoms with E-state index in [9.17, 15) is 9.00 Å². The molecule has 4 heteroatoms. The van der Waals surface area contributed by atoms with Crippen LogP contribution in [0.1, 0.15) is 27.2 Å². The highest BCUT2D eigenvalue weighted by Gasteiger charge is 2.13. The Morgan fingerprint density at radius 1 is 1.42 bits per heavy atom. The number of hydrogen-bond donors (Lipinski definition) is 1. The molecule has 0 aromatic rings. The molecule has 0 saturated carbocycles. The van der Waals surface area contributed by atoms with Gasteiger partial charge in [0.15, 0.2) is 0 Å². The fourth-order valence-electron chi connectivity index (χ4n) is 0.630. The van der Waals surface area contributed by atoms with Crippen LogP contribution in [0.4, 0.5) is 0 Å². The minimum Gasteiger partial charge on any atom is -0.481 e. The third-order valence-corrected chi connectivity index (χ3v) is 2.59. The summed E-state index contributed by atoms with van der Waals surface area (Å²) in [5.74, 6) is -0.728. The Bertz CT molecular complexity index is 181. The first-order chi connectivity index (χ1) is 5.31. The van der Waals surface area contributed by atoms with Crippen molar-refractivity contribution < 1.29 is 14.1 Å². The topological polar surface area (TPSA) is 54.4 Å². The van der Waals surface area contributed by atoms with Gasteiger partial charge in [-0.25, -0.2) is 0 Å². The lowest BCUT2D eigenvalue weighted by Crippen LogP contribution is -2.16. The largest absolute Gasteiger partial charge is 0.481 e. The first kappa shape index (κ1) is 11.6. The summed E-state index contributed by atoms with van der Waals surface area (Å²) in [6.45, 7) is 6.14. The highest BCUT2D eigenvalue weighted by Crippen LogP contribution is 2.18. The molecular weight excluding hydrogens is 176 g/mol. The van der Waals surface area contributed by atoms with Gasteiger partial charge in [-0.3, -0.25) is 9.00 Å². The number of rotatable bonds is 4. The van der Waals surface area contributed by atoms with Crippen LogP contribution in [0, 0.1) is 5.41 Å². The minimum atomic E-state index is -1.20. The van der Waals surface area contributed by atoms with Crippen molar-refractivity contribution in [3.05, 3.63) is 0 Å². The van der Waals surface area contributed by atoms with Gasteiger partial charge in [-0.05, 0) is 11.8 Å². The van der Waals surface area contributed by atoms with E-state index in [-0.39, 0.29) is 11.2 Å². The first-order valence-corrected chi connectivity index (χ1v) is 5.37. The van der Waals surface area contributed by atoms with Gasteiger partial charge < -0.3 is 5.11 Å². The second kappa shape index (κ2) is 4.60. The standard InChI is InChI=1S/C8H16O3S/c1-8(2,3)4-5-12(11)6-7(9)10/h4-6H2,1-3H3,(H,9,10). The van der Waals surface area contributed by atoms with Gasteiger partial charge >= 0.3 is 5.97 Å². The molecule has 0 amide bonds. The summed E-state index contributed by atoms with van der Waals surface area (Å²) in [5.41, 5.74) is 0.133. The highest BCUT2D eigenvalue weighted by atomic mass is 32.2. The number of carboxylic acids is 1. The Labute approximate surface area is 75.6 Å². The summed E-state index contributed by atoms with van der Waals surface area (Å²) in [6.07, 6.45) is 0.799. The van der Waals surface area contributed by atoms with Gasteiger partial charge in [0.1, 0.15) is 5.75 Å². The number of hydrogen-bond acceptors (Lipinski definition) is 2. The molecule has 1 unspecified atom stereocenters. The Balaban J connectivity index is 3.65. The van der Waals surface area contributed by atoms with Crippen LogP contribution >= 0.6 is 0 Å². The molecule has 3 nitrogen and oxygen atoms in total. The van der Waals surface area contributed by atoms with Crippen molar-refractivity contribution in [2.24, 2.45) is 5.41 Å². The lowest BCUT2D eigenvalue weighted by atomic mass is 9.94. The summed E-state index contributed by atoms with van der Waals surface area (Å²) in [5, 5.41) is 8.32. The van der Waals surface area contributed by atoms with E-state index >= 15 is 0 Å². The molecule has 0 rings (SSSR count). The zero-order valence-electron chi connectivity index (χ0n) is 7.79. The molecule has 1 N–H and O–H groups in total. The molecule has 0 aliphatic rings. The molecule has 0 bridgehead atoms. The van der Waals surface area contributed by atoms with Gasteiger partial charge in [0, 0.05) is 16.6 Å². The second-order valence-electron chi connectivity index (χ2n) is 3.99. The Morgan fingerprint density at radius 3 is 2.25 bits per heavy atom. The van der Waals surface area contributed by atoms with Crippen molar-refractivity contribution in [2.45, 2.75) is 27.2 Å². The van der Waals surface area contributed by atoms with Gasteiger partial charge in [-0.1, -0.05) is 20.8 Å². The van der Waals surface area contributed by atoms with Crippen LogP contribution in [-0.2, 0) is 15.6 Å². The fourth-order valence-corrected chi connectivity index (χ4v) is 1.89. The number of carboxylic acid groups (broad SMARTS) is 1. The van der Waals surface area contributed by atoms with E-state index in [1.54, 1.807) is 0 Å². The normalized spacial score (nSPS) is 14.2. The molecule has 0 heterocycles. The van der Waals surface area contributed by atoms with Gasteiger partial charge in [0.05, 0.1) is 0 Å². The quantitative estimate of drug-likeness (QED) is 0.729. The van der Waals surface area contributed by atoms with Crippen molar-refractivity contribution in [1.82, 2.24) is 0 Å². The maximum Gasteiger partial charge on any atom is 0.316 e. The number of aliphatic carboxylic acids is 1. The highest BCUT2D eigenvalue weighted by molar-refractivity contribution is 7.85. The summed E-state index contributed by atoms with van der Waals surface area (Å²) in [4.78, 5) is 10.1. The Morgan fingerprint density at radius 2 is 1.92 bits per heavy atom. The summed E-state index contributed by atoms with van der Waals surface area (Å²) < 4.78 is 11.0. The van der Waals surface area contributed by atoms with Crippen LogP contribution in [0.2, 0.25) is 0 Å². The SMILES string of the molecule is CC(C)(C)CCS(=O)CC(=O)O. The maximum atomic E-state index is 11.0. The fraction of sp³-hybridized carbons (Fsp3) is 0.875. The van der Waals surface area contributed by atoms with Gasteiger partial charge in [-0.2, -0.15) is 0 Å². The van der Waals surface area contributed by atoms with Crippen molar-refractivity contribution in [2.75, 3.05) is 11.5 Å². The molecule has 72 valence electrons. The molecule has 0 aromatic heterocycles. The van der Waals surface area contributed by atoms with E-state index in [4.69, 9.17) is 5.11 Å². The van der Waals surface area contributed by atoms with Gasteiger partial charge in [-0.15, -0.1) is 0 Å². The summed E-state index contributed by atoms with van der Waals surface area (Å²) in [7, 11) is -1.20. The van der Waals surface area contributed by atoms with Crippen molar-refractivity contribution in [3.8, 4) is 0 Å². The average Bonchev–Trinajstić information content (AvgIpc) is 1.80. The molecular formula is C8H16O3S. The molecule has 0 radical (unpaired) electrons. The third-order valence-electron chi connectivity index (χ3n) is 1.36. The lowest BCUT2D eigenvalue weighted by molar-refractivity contribution is -0.133. The molecule has 0 fully saturated rings. The predicted molar refractivity (Wildman–Crippen MR) is 49.6 cm³/mol. The zero-order valence-corrected chi connectivity index (χ0v) is 8.61. The van der Waals surface area contributed by atoms with Crippen molar-refractivity contribution in [1.29, 1.82) is 0 Å². The van der Waals surface area contributed by atoms with Crippen LogP contribution in [-0.4, -0.2) is 26.8 Å². The first-order valence-electron chi connectivity index (χ1n) is 3.88. The van der Waals surface area contributed by atoms with Crippen LogP contribution in [0.3, 0.4) is 0 Å². The molecule has 0 aromatic carbocycles. The second-order valence-corrected chi connectivity index (χ2v) is 5.57. The third kappa shape index (κ3) is 7.72. The van der Waals surface area contributed by atoms with Crippen molar-refractivity contribution in [3.63, 3.8) is 0 Å². The smallest absolute Gasteiger partial charge is 0.316 e. The molecule has 0 aliphatic heterocycles. The molecule has 0 spiro atoms. The van der Waals surface area contributed by atoms with Gasteiger partial charge in [0.25, 0.3) is 0 Å². The van der Waals surface area contributed by atoms with Crippen LogP contribution in [0.25, 0.3) is 0 Å². The van der Waals surface area contributed by atoms with E-state index in [2.05, 4.69) is 0 Å². The molecule has 1 atom stereocenters. The van der Waals surface area contributed by atoms with Crippen molar-refractivity contribution >= 4 is 16.8 Å². The van der Waals surface area contributed by atoms with Crippen LogP contribution in [0.5, 0.6) is 0 Å². The van der Waals surface area contributed by atoms with E-state index < -0.39 is 16.8 Å². The number of carbonyl (C=O) groups is 1. The van der Waals surface area contributed by atoms with Crippen LogP contribution < -0.4 is 0 Å². The average molecular weight is 192 g/mol. The van der Waals surface area contributed by atoms with E-state index in [0.717, 1.165) is 6.42 Å². The van der Waals surface area contributed by atoms with Gasteiger partial charge in [0.2, 0.25) is 0 Å². The maximum absolute atomic E-state index is 11.0.